The lowest BCUT2D eigenvalue weighted by atomic mass is 10.2. The number of methoxy groups -OCH3 is 1. The zero-order chi connectivity index (χ0) is 10.9. The SMILES string of the molecule is COC(O)(CC(F)(F)F)C(F)(F)F. The van der Waals surface area contributed by atoms with Gasteiger partial charge in [-0.15, -0.1) is 0 Å². The first-order chi connectivity index (χ1) is 5.52. The Morgan fingerprint density at radius 1 is 1.08 bits per heavy atom. The number of hydrogen-bond acceptors (Lipinski definition) is 2. The molecular weight excluding hydrogens is 206 g/mol. The van der Waals surface area contributed by atoms with Crippen LogP contribution in [0.5, 0.6) is 0 Å². The van der Waals surface area contributed by atoms with E-state index in [1.807, 2.05) is 0 Å². The van der Waals surface area contributed by atoms with Crippen LogP contribution in [0.1, 0.15) is 6.42 Å². The molecule has 0 aliphatic heterocycles. The number of hydrogen-bond donors (Lipinski definition) is 1. The fourth-order valence-corrected chi connectivity index (χ4v) is 0.560. The summed E-state index contributed by atoms with van der Waals surface area (Å²) in [4.78, 5) is 0. The van der Waals surface area contributed by atoms with E-state index < -0.39 is 24.6 Å². The molecule has 0 aliphatic carbocycles. The maximum absolute atomic E-state index is 11.8. The van der Waals surface area contributed by atoms with E-state index in [9.17, 15) is 26.3 Å². The third-order valence-electron chi connectivity index (χ3n) is 1.22. The summed E-state index contributed by atoms with van der Waals surface area (Å²) in [6.45, 7) is 0. The molecule has 1 N–H and O–H groups in total. The predicted molar refractivity (Wildman–Crippen MR) is 28.7 cm³/mol. The predicted octanol–water partition coefficient (Wildman–Crippen LogP) is 1.84. The maximum atomic E-state index is 11.8. The van der Waals surface area contributed by atoms with E-state index in [1.165, 1.54) is 0 Å². The molecule has 0 fully saturated rings. The highest BCUT2D eigenvalue weighted by Gasteiger charge is 2.59. The average Bonchev–Trinajstić information content (AvgIpc) is 1.81. The van der Waals surface area contributed by atoms with Gasteiger partial charge in [-0.3, -0.25) is 0 Å². The third kappa shape index (κ3) is 3.39. The summed E-state index contributed by atoms with van der Waals surface area (Å²) in [7, 11) is 0.346. The Hall–Kier alpha value is -0.500. The third-order valence-corrected chi connectivity index (χ3v) is 1.22. The molecule has 0 heterocycles. The van der Waals surface area contributed by atoms with Crippen molar-refractivity contribution in [1.82, 2.24) is 0 Å². The molecule has 80 valence electrons. The minimum absolute atomic E-state index is 0.346. The molecule has 1 unspecified atom stereocenters. The normalized spacial score (nSPS) is 18.5. The first-order valence-corrected chi connectivity index (χ1v) is 2.93. The summed E-state index contributed by atoms with van der Waals surface area (Å²) >= 11 is 0. The zero-order valence-electron chi connectivity index (χ0n) is 6.33. The van der Waals surface area contributed by atoms with Crippen molar-refractivity contribution in [3.05, 3.63) is 0 Å². The number of rotatable bonds is 2. The molecule has 0 bridgehead atoms. The van der Waals surface area contributed by atoms with E-state index in [0.717, 1.165) is 0 Å². The topological polar surface area (TPSA) is 29.5 Å². The Labute approximate surface area is 69.1 Å². The van der Waals surface area contributed by atoms with Crippen LogP contribution in [0.4, 0.5) is 26.3 Å². The van der Waals surface area contributed by atoms with E-state index in [0.29, 0.717) is 7.11 Å². The van der Waals surface area contributed by atoms with Gasteiger partial charge in [0, 0.05) is 7.11 Å². The van der Waals surface area contributed by atoms with Crippen LogP contribution in [0.3, 0.4) is 0 Å². The van der Waals surface area contributed by atoms with Gasteiger partial charge in [0.1, 0.15) is 6.42 Å². The zero-order valence-corrected chi connectivity index (χ0v) is 6.33. The fourth-order valence-electron chi connectivity index (χ4n) is 0.560. The van der Waals surface area contributed by atoms with Gasteiger partial charge in [-0.05, 0) is 0 Å². The Morgan fingerprint density at radius 3 is 1.54 bits per heavy atom. The molecule has 13 heavy (non-hydrogen) atoms. The molecule has 0 spiro atoms. The molecule has 0 rings (SSSR count). The molecular formula is C5H6F6O2. The Morgan fingerprint density at radius 2 is 1.46 bits per heavy atom. The lowest BCUT2D eigenvalue weighted by molar-refractivity contribution is -0.381. The van der Waals surface area contributed by atoms with Crippen molar-refractivity contribution < 1.29 is 36.2 Å². The number of ether oxygens (including phenoxy) is 1. The molecule has 0 aromatic carbocycles. The second-order valence-corrected chi connectivity index (χ2v) is 2.28. The molecule has 0 saturated carbocycles. The molecule has 0 saturated heterocycles. The summed E-state index contributed by atoms with van der Waals surface area (Å²) in [5.41, 5.74) is 0. The highest BCUT2D eigenvalue weighted by molar-refractivity contribution is 4.79. The van der Waals surface area contributed by atoms with E-state index in [1.54, 1.807) is 0 Å². The van der Waals surface area contributed by atoms with Gasteiger partial charge in [-0.25, -0.2) is 0 Å². The van der Waals surface area contributed by atoms with Gasteiger partial charge in [-0.1, -0.05) is 0 Å². The number of aliphatic hydroxyl groups is 1. The molecule has 1 atom stereocenters. The maximum Gasteiger partial charge on any atom is 0.443 e. The lowest BCUT2D eigenvalue weighted by Gasteiger charge is -2.29. The van der Waals surface area contributed by atoms with Crippen LogP contribution in [-0.4, -0.2) is 30.4 Å². The number of halogens is 6. The van der Waals surface area contributed by atoms with Gasteiger partial charge in [0.15, 0.2) is 0 Å². The Kier molecular flexibility index (Phi) is 3.21. The standard InChI is InChI=1S/C5H6F6O2/c1-13-3(12,5(9,10)11)2-4(6,7)8/h12H,2H2,1H3. The van der Waals surface area contributed by atoms with Gasteiger partial charge >= 0.3 is 12.4 Å². The quantitative estimate of drug-likeness (QED) is 0.559. The largest absolute Gasteiger partial charge is 0.443 e. The van der Waals surface area contributed by atoms with Crippen LogP contribution in [0.15, 0.2) is 0 Å². The van der Waals surface area contributed by atoms with Crippen molar-refractivity contribution in [3.8, 4) is 0 Å². The van der Waals surface area contributed by atoms with Gasteiger partial charge < -0.3 is 9.84 Å². The van der Waals surface area contributed by atoms with Crippen LogP contribution in [-0.2, 0) is 4.74 Å². The van der Waals surface area contributed by atoms with Crippen LogP contribution >= 0.6 is 0 Å². The Bertz CT molecular complexity index is 173. The van der Waals surface area contributed by atoms with Gasteiger partial charge in [0.05, 0.1) is 0 Å². The number of alkyl halides is 6. The molecule has 0 aliphatic rings. The van der Waals surface area contributed by atoms with E-state index >= 15 is 0 Å². The van der Waals surface area contributed by atoms with Crippen molar-refractivity contribution in [2.45, 2.75) is 24.6 Å². The van der Waals surface area contributed by atoms with Crippen LogP contribution < -0.4 is 0 Å². The minimum atomic E-state index is -5.47. The monoisotopic (exact) mass is 212 g/mol. The van der Waals surface area contributed by atoms with Gasteiger partial charge in [-0.2, -0.15) is 26.3 Å². The second kappa shape index (κ2) is 3.33. The Balaban J connectivity index is 4.67. The molecule has 0 aromatic rings. The van der Waals surface area contributed by atoms with E-state index in [-0.39, 0.29) is 0 Å². The second-order valence-electron chi connectivity index (χ2n) is 2.28. The van der Waals surface area contributed by atoms with Crippen LogP contribution in [0.2, 0.25) is 0 Å². The average molecular weight is 212 g/mol. The van der Waals surface area contributed by atoms with E-state index in [2.05, 4.69) is 4.74 Å². The molecule has 0 amide bonds. The van der Waals surface area contributed by atoms with Crippen molar-refractivity contribution in [2.75, 3.05) is 7.11 Å². The molecule has 8 heteroatoms. The van der Waals surface area contributed by atoms with Crippen molar-refractivity contribution in [1.29, 1.82) is 0 Å². The van der Waals surface area contributed by atoms with Crippen LogP contribution in [0, 0.1) is 0 Å². The van der Waals surface area contributed by atoms with E-state index in [4.69, 9.17) is 5.11 Å². The minimum Gasteiger partial charge on any atom is -0.358 e. The van der Waals surface area contributed by atoms with Gasteiger partial charge in [0.2, 0.25) is 0 Å². The van der Waals surface area contributed by atoms with Crippen molar-refractivity contribution in [3.63, 3.8) is 0 Å². The van der Waals surface area contributed by atoms with Crippen LogP contribution in [0.25, 0.3) is 0 Å². The van der Waals surface area contributed by atoms with Crippen molar-refractivity contribution in [2.24, 2.45) is 0 Å². The lowest BCUT2D eigenvalue weighted by Crippen LogP contribution is -2.49. The smallest absolute Gasteiger partial charge is 0.358 e. The van der Waals surface area contributed by atoms with Gasteiger partial charge in [0.25, 0.3) is 5.79 Å². The molecule has 0 aromatic heterocycles. The first-order valence-electron chi connectivity index (χ1n) is 2.93. The fraction of sp³-hybridized carbons (Fsp3) is 1.00. The highest BCUT2D eigenvalue weighted by atomic mass is 19.4. The highest BCUT2D eigenvalue weighted by Crippen LogP contribution is 2.39. The van der Waals surface area contributed by atoms with Crippen molar-refractivity contribution >= 4 is 0 Å². The summed E-state index contributed by atoms with van der Waals surface area (Å²) < 4.78 is 73.3. The molecule has 2 nitrogen and oxygen atoms in total. The first kappa shape index (κ1) is 12.5. The summed E-state index contributed by atoms with van der Waals surface area (Å²) in [5, 5.41) is 8.42. The summed E-state index contributed by atoms with van der Waals surface area (Å²) in [5.74, 6) is -4.16. The molecule has 0 radical (unpaired) electrons. The summed E-state index contributed by atoms with van der Waals surface area (Å²) in [6, 6.07) is 0. The summed E-state index contributed by atoms with van der Waals surface area (Å²) in [6.07, 6.45) is -13.1.